The fraction of sp³-hybridized carbons (Fsp3) is 0.278. The standard InChI is InChI=1S/C18H20N4O2/c1-12(2)24-14-6-4-13(5-7-14)10-20-17-18(23)22(3)16-11-19-9-8-15(16)21-17/h4-9,11-12H,10H2,1-3H3,(H,20,21). The van der Waals surface area contributed by atoms with E-state index in [0.29, 0.717) is 17.9 Å². The van der Waals surface area contributed by atoms with Crippen molar-refractivity contribution in [3.8, 4) is 5.75 Å². The third-order valence-electron chi connectivity index (χ3n) is 3.63. The van der Waals surface area contributed by atoms with Gasteiger partial charge in [0.1, 0.15) is 5.75 Å². The van der Waals surface area contributed by atoms with Gasteiger partial charge in [-0.25, -0.2) is 4.98 Å². The predicted octanol–water partition coefficient (Wildman–Crippen LogP) is 2.73. The summed E-state index contributed by atoms with van der Waals surface area (Å²) in [6, 6.07) is 9.58. The molecular weight excluding hydrogens is 304 g/mol. The number of benzene rings is 1. The second kappa shape index (κ2) is 6.70. The highest BCUT2D eigenvalue weighted by Gasteiger charge is 2.08. The summed E-state index contributed by atoms with van der Waals surface area (Å²) in [4.78, 5) is 20.8. The number of nitrogens with zero attached hydrogens (tertiary/aromatic N) is 3. The summed E-state index contributed by atoms with van der Waals surface area (Å²) in [6.07, 6.45) is 3.45. The lowest BCUT2D eigenvalue weighted by Crippen LogP contribution is -2.23. The van der Waals surface area contributed by atoms with E-state index < -0.39 is 0 Å². The molecule has 0 aliphatic carbocycles. The number of hydrogen-bond donors (Lipinski definition) is 1. The molecule has 0 spiro atoms. The van der Waals surface area contributed by atoms with E-state index in [0.717, 1.165) is 16.8 Å². The Balaban J connectivity index is 1.78. The molecule has 0 amide bonds. The summed E-state index contributed by atoms with van der Waals surface area (Å²) in [7, 11) is 1.72. The molecule has 0 unspecified atom stereocenters. The lowest BCUT2D eigenvalue weighted by atomic mass is 10.2. The zero-order chi connectivity index (χ0) is 17.1. The minimum Gasteiger partial charge on any atom is -0.491 e. The number of nitrogens with one attached hydrogen (secondary N) is 1. The van der Waals surface area contributed by atoms with Gasteiger partial charge < -0.3 is 14.6 Å². The van der Waals surface area contributed by atoms with E-state index in [-0.39, 0.29) is 11.7 Å². The number of rotatable bonds is 5. The molecule has 6 heteroatoms. The van der Waals surface area contributed by atoms with Crippen LogP contribution in [0.4, 0.5) is 5.82 Å². The van der Waals surface area contributed by atoms with Gasteiger partial charge in [0, 0.05) is 19.8 Å². The smallest absolute Gasteiger partial charge is 0.293 e. The lowest BCUT2D eigenvalue weighted by molar-refractivity contribution is 0.242. The molecule has 3 rings (SSSR count). The Morgan fingerprint density at radius 2 is 1.96 bits per heavy atom. The first-order valence-corrected chi connectivity index (χ1v) is 7.85. The van der Waals surface area contributed by atoms with Gasteiger partial charge in [-0.2, -0.15) is 0 Å². The maximum Gasteiger partial charge on any atom is 0.293 e. The fourth-order valence-corrected chi connectivity index (χ4v) is 2.43. The van der Waals surface area contributed by atoms with Crippen LogP contribution in [0.3, 0.4) is 0 Å². The number of pyridine rings is 1. The fourth-order valence-electron chi connectivity index (χ4n) is 2.43. The predicted molar refractivity (Wildman–Crippen MR) is 94.3 cm³/mol. The summed E-state index contributed by atoms with van der Waals surface area (Å²) in [6.45, 7) is 4.50. The minimum absolute atomic E-state index is 0.147. The van der Waals surface area contributed by atoms with E-state index >= 15 is 0 Å². The topological polar surface area (TPSA) is 69.0 Å². The molecule has 1 aromatic carbocycles. The van der Waals surface area contributed by atoms with Gasteiger partial charge in [-0.05, 0) is 37.6 Å². The van der Waals surface area contributed by atoms with Crippen LogP contribution in [0.15, 0.2) is 47.5 Å². The van der Waals surface area contributed by atoms with Gasteiger partial charge in [-0.15, -0.1) is 0 Å². The molecule has 0 aliphatic heterocycles. The van der Waals surface area contributed by atoms with Crippen molar-refractivity contribution in [3.63, 3.8) is 0 Å². The minimum atomic E-state index is -0.171. The van der Waals surface area contributed by atoms with E-state index in [1.165, 1.54) is 0 Å². The quantitative estimate of drug-likeness (QED) is 0.781. The van der Waals surface area contributed by atoms with Gasteiger partial charge in [-0.1, -0.05) is 12.1 Å². The first-order chi connectivity index (χ1) is 11.5. The molecule has 6 nitrogen and oxygen atoms in total. The number of aryl methyl sites for hydroxylation is 1. The van der Waals surface area contributed by atoms with Crippen molar-refractivity contribution < 1.29 is 4.74 Å². The Labute approximate surface area is 140 Å². The summed E-state index contributed by atoms with van der Waals surface area (Å²) < 4.78 is 7.18. The SMILES string of the molecule is CC(C)Oc1ccc(CNc2nc3ccncc3n(C)c2=O)cc1. The van der Waals surface area contributed by atoms with Crippen LogP contribution in [0.2, 0.25) is 0 Å². The van der Waals surface area contributed by atoms with E-state index in [1.807, 2.05) is 38.1 Å². The van der Waals surface area contributed by atoms with Gasteiger partial charge in [0.05, 0.1) is 23.3 Å². The van der Waals surface area contributed by atoms with Crippen LogP contribution < -0.4 is 15.6 Å². The molecule has 3 aromatic rings. The number of aromatic nitrogens is 3. The van der Waals surface area contributed by atoms with Crippen LogP contribution >= 0.6 is 0 Å². The second-order valence-electron chi connectivity index (χ2n) is 5.85. The number of fused-ring (bicyclic) bond motifs is 1. The third-order valence-corrected chi connectivity index (χ3v) is 3.63. The molecule has 124 valence electrons. The van der Waals surface area contributed by atoms with Crippen LogP contribution in [0.5, 0.6) is 5.75 Å². The number of ether oxygens (including phenoxy) is 1. The maximum atomic E-state index is 12.4. The molecule has 0 atom stereocenters. The third kappa shape index (κ3) is 3.37. The van der Waals surface area contributed by atoms with Crippen molar-refractivity contribution in [1.29, 1.82) is 0 Å². The highest BCUT2D eigenvalue weighted by Crippen LogP contribution is 2.15. The Hall–Kier alpha value is -2.89. The van der Waals surface area contributed by atoms with Crippen LogP contribution in [0.1, 0.15) is 19.4 Å². The van der Waals surface area contributed by atoms with Crippen molar-refractivity contribution >= 4 is 16.9 Å². The molecule has 0 saturated carbocycles. The molecule has 0 aliphatic rings. The molecule has 2 aromatic heterocycles. The first-order valence-electron chi connectivity index (χ1n) is 7.85. The van der Waals surface area contributed by atoms with Crippen LogP contribution in [-0.2, 0) is 13.6 Å². The Morgan fingerprint density at radius 3 is 2.67 bits per heavy atom. The monoisotopic (exact) mass is 324 g/mol. The Kier molecular flexibility index (Phi) is 4.46. The Morgan fingerprint density at radius 1 is 1.21 bits per heavy atom. The Bertz CT molecular complexity index is 901. The van der Waals surface area contributed by atoms with Gasteiger partial charge in [0.15, 0.2) is 5.82 Å². The normalized spacial score (nSPS) is 11.0. The zero-order valence-corrected chi connectivity index (χ0v) is 14.0. The van der Waals surface area contributed by atoms with Crippen molar-refractivity contribution in [1.82, 2.24) is 14.5 Å². The summed E-state index contributed by atoms with van der Waals surface area (Å²) in [5.74, 6) is 1.17. The molecule has 0 bridgehead atoms. The molecular formula is C18H20N4O2. The molecule has 1 N–H and O–H groups in total. The summed E-state index contributed by atoms with van der Waals surface area (Å²) in [5, 5.41) is 3.12. The van der Waals surface area contributed by atoms with E-state index in [2.05, 4.69) is 15.3 Å². The van der Waals surface area contributed by atoms with Crippen molar-refractivity contribution in [2.75, 3.05) is 5.32 Å². The van der Waals surface area contributed by atoms with E-state index in [1.54, 1.807) is 30.1 Å². The largest absolute Gasteiger partial charge is 0.491 e. The van der Waals surface area contributed by atoms with Crippen molar-refractivity contribution in [2.45, 2.75) is 26.5 Å². The van der Waals surface area contributed by atoms with Crippen LogP contribution in [0.25, 0.3) is 11.0 Å². The van der Waals surface area contributed by atoms with Gasteiger partial charge >= 0.3 is 0 Å². The van der Waals surface area contributed by atoms with Gasteiger partial charge in [0.25, 0.3) is 5.56 Å². The summed E-state index contributed by atoms with van der Waals surface area (Å²) >= 11 is 0. The second-order valence-corrected chi connectivity index (χ2v) is 5.85. The first kappa shape index (κ1) is 16.0. The number of hydrogen-bond acceptors (Lipinski definition) is 5. The number of anilines is 1. The molecule has 0 radical (unpaired) electrons. The molecule has 24 heavy (non-hydrogen) atoms. The zero-order valence-electron chi connectivity index (χ0n) is 14.0. The molecule has 0 saturated heterocycles. The van der Waals surface area contributed by atoms with Gasteiger partial charge in [-0.3, -0.25) is 9.78 Å². The molecule has 2 heterocycles. The molecule has 0 fully saturated rings. The highest BCUT2D eigenvalue weighted by molar-refractivity contribution is 5.74. The summed E-state index contributed by atoms with van der Waals surface area (Å²) in [5.41, 5.74) is 2.32. The van der Waals surface area contributed by atoms with Crippen molar-refractivity contribution in [2.24, 2.45) is 7.05 Å². The highest BCUT2D eigenvalue weighted by atomic mass is 16.5. The van der Waals surface area contributed by atoms with Crippen LogP contribution in [0, 0.1) is 0 Å². The maximum absolute atomic E-state index is 12.4. The van der Waals surface area contributed by atoms with E-state index in [9.17, 15) is 4.79 Å². The van der Waals surface area contributed by atoms with Crippen LogP contribution in [-0.4, -0.2) is 20.6 Å². The van der Waals surface area contributed by atoms with E-state index in [4.69, 9.17) is 4.74 Å². The van der Waals surface area contributed by atoms with Crippen molar-refractivity contribution in [3.05, 3.63) is 58.6 Å². The average molecular weight is 324 g/mol. The average Bonchev–Trinajstić information content (AvgIpc) is 2.58. The van der Waals surface area contributed by atoms with Gasteiger partial charge in [0.2, 0.25) is 0 Å². The lowest BCUT2D eigenvalue weighted by Gasteiger charge is -2.11.